The van der Waals surface area contributed by atoms with E-state index in [-0.39, 0.29) is 56.9 Å². The molecule has 36 heavy (non-hydrogen) atoms. The number of ketones is 2. The van der Waals surface area contributed by atoms with Gasteiger partial charge >= 0.3 is 5.97 Å². The smallest absolute Gasteiger partial charge is 0.312 e. The summed E-state index contributed by atoms with van der Waals surface area (Å²) in [5, 5.41) is 0. The summed E-state index contributed by atoms with van der Waals surface area (Å²) in [4.78, 5) is 40.9. The molecule has 3 fully saturated rings. The second-order valence-corrected chi connectivity index (χ2v) is 15.6. The van der Waals surface area contributed by atoms with Crippen molar-refractivity contribution in [3.05, 3.63) is 22.2 Å². The average molecular weight is 560 g/mol. The lowest BCUT2D eigenvalue weighted by Gasteiger charge is -2.68. The Balaban J connectivity index is 1.69. The van der Waals surface area contributed by atoms with Gasteiger partial charge < -0.3 is 4.74 Å². The molecule has 5 heteroatoms. The molecule has 5 aliphatic rings. The minimum atomic E-state index is -0.560. The van der Waals surface area contributed by atoms with Crippen molar-refractivity contribution >= 4 is 33.5 Å². The van der Waals surface area contributed by atoms with E-state index in [2.05, 4.69) is 70.5 Å². The zero-order chi connectivity index (χ0) is 26.7. The summed E-state index contributed by atoms with van der Waals surface area (Å²) in [6.45, 7) is 15.7. The van der Waals surface area contributed by atoms with Gasteiger partial charge in [-0.2, -0.15) is 0 Å². The first-order valence-corrected chi connectivity index (χ1v) is 14.6. The van der Waals surface area contributed by atoms with Gasteiger partial charge in [-0.3, -0.25) is 14.4 Å². The molecule has 0 radical (unpaired) electrons. The van der Waals surface area contributed by atoms with Crippen LogP contribution in [0.5, 0.6) is 0 Å². The Labute approximate surface area is 225 Å². The SMILES string of the molecule is COC(=O)[C@]12CCC(C)(C)CC1C1C(=O)C=C3[C@@]4(C)C=C(Br)C(=O)C(C)(C)[C@@H]4CC[C@@]3(C)[C@]1(C)CC2. The van der Waals surface area contributed by atoms with Crippen molar-refractivity contribution in [1.82, 2.24) is 0 Å². The molecule has 4 nitrogen and oxygen atoms in total. The van der Waals surface area contributed by atoms with Gasteiger partial charge in [0.25, 0.3) is 0 Å². The number of esters is 1. The van der Waals surface area contributed by atoms with Gasteiger partial charge in [-0.15, -0.1) is 0 Å². The third-order valence-electron chi connectivity index (χ3n) is 12.3. The van der Waals surface area contributed by atoms with Crippen molar-refractivity contribution < 1.29 is 19.1 Å². The highest BCUT2D eigenvalue weighted by Gasteiger charge is 2.71. The van der Waals surface area contributed by atoms with E-state index in [1.54, 1.807) is 0 Å². The van der Waals surface area contributed by atoms with Crippen LogP contribution in [0.25, 0.3) is 0 Å². The zero-order valence-electron chi connectivity index (χ0n) is 23.3. The van der Waals surface area contributed by atoms with Crippen LogP contribution in [0.2, 0.25) is 0 Å². The van der Waals surface area contributed by atoms with Crippen molar-refractivity contribution in [2.45, 2.75) is 93.4 Å². The number of fused-ring (bicyclic) bond motifs is 7. The van der Waals surface area contributed by atoms with Crippen LogP contribution in [-0.2, 0) is 19.1 Å². The first-order chi connectivity index (χ1) is 16.5. The minimum absolute atomic E-state index is 0.00763. The highest BCUT2D eigenvalue weighted by Crippen LogP contribution is 2.74. The number of carbonyl (C=O) groups excluding carboxylic acids is 3. The molecule has 5 rings (SSSR count). The number of carbonyl (C=O) groups is 3. The Hall–Kier alpha value is -1.23. The summed E-state index contributed by atoms with van der Waals surface area (Å²) in [5.41, 5.74) is -0.551. The summed E-state index contributed by atoms with van der Waals surface area (Å²) >= 11 is 3.60. The number of hydrogen-bond donors (Lipinski definition) is 0. The summed E-state index contributed by atoms with van der Waals surface area (Å²) in [5.74, 6) is 0.175. The summed E-state index contributed by atoms with van der Waals surface area (Å²) in [6, 6.07) is 0. The lowest BCUT2D eigenvalue weighted by atomic mass is 9.34. The summed E-state index contributed by atoms with van der Waals surface area (Å²) in [7, 11) is 1.50. The Kier molecular flexibility index (Phi) is 5.62. The van der Waals surface area contributed by atoms with Crippen LogP contribution in [-0.4, -0.2) is 24.6 Å². The average Bonchev–Trinajstić information content (AvgIpc) is 2.78. The Morgan fingerprint density at radius 1 is 0.972 bits per heavy atom. The molecule has 0 aromatic carbocycles. The van der Waals surface area contributed by atoms with E-state index in [9.17, 15) is 14.4 Å². The molecule has 198 valence electrons. The normalized spacial score (nSPS) is 46.9. The molecule has 5 aliphatic carbocycles. The quantitative estimate of drug-likeness (QED) is 0.319. The van der Waals surface area contributed by atoms with E-state index in [4.69, 9.17) is 4.74 Å². The first kappa shape index (κ1) is 26.4. The lowest BCUT2D eigenvalue weighted by molar-refractivity contribution is -0.191. The largest absolute Gasteiger partial charge is 0.469 e. The van der Waals surface area contributed by atoms with Crippen LogP contribution in [0.15, 0.2) is 22.2 Å². The fraction of sp³-hybridized carbons (Fsp3) is 0.774. The van der Waals surface area contributed by atoms with Gasteiger partial charge in [0.2, 0.25) is 0 Å². The van der Waals surface area contributed by atoms with E-state index in [0.29, 0.717) is 4.48 Å². The number of ether oxygens (including phenoxy) is 1. The van der Waals surface area contributed by atoms with Gasteiger partial charge in [-0.05, 0) is 95.0 Å². The molecule has 2 unspecified atom stereocenters. The topological polar surface area (TPSA) is 60.4 Å². The fourth-order valence-electron chi connectivity index (χ4n) is 10.0. The highest BCUT2D eigenvalue weighted by atomic mass is 79.9. The predicted molar refractivity (Wildman–Crippen MR) is 144 cm³/mol. The number of rotatable bonds is 1. The number of allylic oxidation sites excluding steroid dienone is 4. The second-order valence-electron chi connectivity index (χ2n) is 14.7. The van der Waals surface area contributed by atoms with Gasteiger partial charge in [0, 0.05) is 16.7 Å². The molecule has 3 saturated carbocycles. The van der Waals surface area contributed by atoms with Gasteiger partial charge in [-0.1, -0.05) is 60.1 Å². The van der Waals surface area contributed by atoms with Crippen molar-refractivity contribution in [2.24, 2.45) is 50.2 Å². The number of hydrogen-bond acceptors (Lipinski definition) is 4. The minimum Gasteiger partial charge on any atom is -0.469 e. The monoisotopic (exact) mass is 558 g/mol. The van der Waals surface area contributed by atoms with Crippen LogP contribution < -0.4 is 0 Å². The van der Waals surface area contributed by atoms with Crippen LogP contribution in [0, 0.1) is 50.2 Å². The summed E-state index contributed by atoms with van der Waals surface area (Å²) in [6.07, 6.45) is 10.3. The molecular weight excluding hydrogens is 516 g/mol. The molecule has 7 atom stereocenters. The Morgan fingerprint density at radius 2 is 1.61 bits per heavy atom. The van der Waals surface area contributed by atoms with Crippen LogP contribution in [0.3, 0.4) is 0 Å². The van der Waals surface area contributed by atoms with Gasteiger partial charge in [0.1, 0.15) is 0 Å². The highest BCUT2D eigenvalue weighted by molar-refractivity contribution is 9.12. The Bertz CT molecular complexity index is 1110. The van der Waals surface area contributed by atoms with E-state index in [0.717, 1.165) is 44.9 Å². The van der Waals surface area contributed by atoms with Crippen LogP contribution in [0.1, 0.15) is 93.4 Å². The van der Waals surface area contributed by atoms with Gasteiger partial charge in [0.15, 0.2) is 11.6 Å². The molecule has 0 bridgehead atoms. The molecule has 0 amide bonds. The number of methoxy groups -OCH3 is 1. The maximum absolute atomic E-state index is 14.3. The number of halogens is 1. The van der Waals surface area contributed by atoms with E-state index < -0.39 is 10.8 Å². The molecule has 0 aliphatic heterocycles. The van der Waals surface area contributed by atoms with Crippen molar-refractivity contribution in [2.75, 3.05) is 7.11 Å². The third kappa shape index (κ3) is 3.07. The van der Waals surface area contributed by atoms with Crippen LogP contribution in [0.4, 0.5) is 0 Å². The zero-order valence-corrected chi connectivity index (χ0v) is 24.9. The van der Waals surface area contributed by atoms with Crippen molar-refractivity contribution in [3.8, 4) is 0 Å². The van der Waals surface area contributed by atoms with Gasteiger partial charge in [-0.25, -0.2) is 0 Å². The van der Waals surface area contributed by atoms with Crippen molar-refractivity contribution in [1.29, 1.82) is 0 Å². The molecular formula is C31H43BrO4. The molecule has 0 spiro atoms. The third-order valence-corrected chi connectivity index (χ3v) is 12.9. The van der Waals surface area contributed by atoms with E-state index in [1.165, 1.54) is 12.7 Å². The molecule has 0 aromatic rings. The van der Waals surface area contributed by atoms with E-state index >= 15 is 0 Å². The molecule has 0 saturated heterocycles. The standard InChI is InChI=1S/C31H43BrO4/c1-26(2)11-13-31(25(35)36-8)14-12-30(7)23(18(31)16-26)20(33)15-22-28(5)17-19(32)24(34)27(3,4)21(28)9-10-29(22,30)6/h15,17-18,21,23H,9-14,16H2,1-8H3/t18?,21-,23?,28-,29+,30+,31-/m0/s1. The predicted octanol–water partition coefficient (Wildman–Crippen LogP) is 7.21. The second kappa shape index (κ2) is 7.67. The van der Waals surface area contributed by atoms with Crippen molar-refractivity contribution in [3.63, 3.8) is 0 Å². The number of Topliss-reactive ketones (excluding diaryl/α,β-unsaturated/α-hetero) is 1. The lowest BCUT2D eigenvalue weighted by Crippen LogP contribution is -2.65. The first-order valence-electron chi connectivity index (χ1n) is 13.8. The molecule has 0 N–H and O–H groups in total. The van der Waals surface area contributed by atoms with Crippen LogP contribution >= 0.6 is 15.9 Å². The van der Waals surface area contributed by atoms with E-state index in [1.807, 2.05) is 6.08 Å². The molecule has 0 aromatic heterocycles. The Morgan fingerprint density at radius 3 is 2.25 bits per heavy atom. The van der Waals surface area contributed by atoms with Gasteiger partial charge in [0.05, 0.1) is 17.0 Å². The maximum Gasteiger partial charge on any atom is 0.312 e. The maximum atomic E-state index is 14.3. The molecule has 0 heterocycles. The fourth-order valence-corrected chi connectivity index (χ4v) is 11.0. The summed E-state index contributed by atoms with van der Waals surface area (Å²) < 4.78 is 6.06.